The molecule has 1 aromatic carbocycles. The number of ether oxygens (including phenoxy) is 1. The van der Waals surface area contributed by atoms with Crippen molar-refractivity contribution in [1.82, 2.24) is 0 Å². The van der Waals surface area contributed by atoms with Gasteiger partial charge in [0, 0.05) is 16.7 Å². The molecule has 0 heterocycles. The van der Waals surface area contributed by atoms with Crippen molar-refractivity contribution in [3.63, 3.8) is 0 Å². The summed E-state index contributed by atoms with van der Waals surface area (Å²) in [4.78, 5) is -0.516. The molecule has 2 rings (SSSR count). The first kappa shape index (κ1) is 12.6. The Bertz CT molecular complexity index is 509. The van der Waals surface area contributed by atoms with Crippen molar-refractivity contribution in [2.24, 2.45) is 0 Å². The fraction of sp³-hybridized carbons (Fsp3) is 0.455. The molecule has 0 atom stereocenters. The van der Waals surface area contributed by atoms with Crippen molar-refractivity contribution in [2.75, 3.05) is 0 Å². The minimum Gasteiger partial charge on any atom is -0.490 e. The molecule has 0 spiro atoms. The molecule has 0 unspecified atom stereocenters. The van der Waals surface area contributed by atoms with Crippen LogP contribution in [0.3, 0.4) is 0 Å². The minimum absolute atomic E-state index is 0.104. The van der Waals surface area contributed by atoms with Gasteiger partial charge in [-0.15, -0.1) is 0 Å². The van der Waals surface area contributed by atoms with Crippen LogP contribution in [0.1, 0.15) is 25.7 Å². The van der Waals surface area contributed by atoms with E-state index < -0.39 is 19.8 Å². The Morgan fingerprint density at radius 3 is 2.47 bits per heavy atom. The van der Waals surface area contributed by atoms with E-state index in [1.54, 1.807) is 0 Å². The molecule has 0 aliphatic heterocycles. The molecule has 1 fully saturated rings. The summed E-state index contributed by atoms with van der Waals surface area (Å²) in [6, 6.07) is 3.62. The van der Waals surface area contributed by atoms with Gasteiger partial charge in [-0.05, 0) is 37.8 Å². The molecule has 1 aromatic rings. The average Bonchev–Trinajstić information content (AvgIpc) is 2.68. The first-order valence-corrected chi connectivity index (χ1v) is 7.68. The van der Waals surface area contributed by atoms with E-state index in [1.165, 1.54) is 6.07 Å². The van der Waals surface area contributed by atoms with Gasteiger partial charge in [-0.1, -0.05) is 0 Å². The SMILES string of the molecule is O=S(=O)(Cl)c1ccc(OC2CCCC2)cc1F. The third kappa shape index (κ3) is 3.10. The fourth-order valence-electron chi connectivity index (χ4n) is 1.95. The Hall–Kier alpha value is -0.810. The predicted octanol–water partition coefficient (Wildman–Crippen LogP) is 3.07. The van der Waals surface area contributed by atoms with Crippen LogP contribution in [-0.4, -0.2) is 14.5 Å². The van der Waals surface area contributed by atoms with Gasteiger partial charge >= 0.3 is 0 Å². The van der Waals surface area contributed by atoms with Gasteiger partial charge in [-0.2, -0.15) is 0 Å². The summed E-state index contributed by atoms with van der Waals surface area (Å²) < 4.78 is 41.0. The zero-order valence-corrected chi connectivity index (χ0v) is 10.6. The van der Waals surface area contributed by atoms with Crippen LogP contribution in [0.2, 0.25) is 0 Å². The summed E-state index contributed by atoms with van der Waals surface area (Å²) in [7, 11) is 1.04. The molecule has 0 N–H and O–H groups in total. The van der Waals surface area contributed by atoms with Gasteiger partial charge in [0.25, 0.3) is 9.05 Å². The molecule has 1 aliphatic carbocycles. The highest BCUT2D eigenvalue weighted by atomic mass is 35.7. The van der Waals surface area contributed by atoms with Gasteiger partial charge in [0.05, 0.1) is 6.10 Å². The Labute approximate surface area is 104 Å². The van der Waals surface area contributed by atoms with Crippen LogP contribution < -0.4 is 4.74 Å². The molecule has 0 aromatic heterocycles. The fourth-order valence-corrected chi connectivity index (χ4v) is 2.85. The lowest BCUT2D eigenvalue weighted by Crippen LogP contribution is -2.11. The van der Waals surface area contributed by atoms with E-state index in [0.717, 1.165) is 37.8 Å². The summed E-state index contributed by atoms with van der Waals surface area (Å²) >= 11 is 0. The summed E-state index contributed by atoms with van der Waals surface area (Å²) in [5.74, 6) is -0.533. The van der Waals surface area contributed by atoms with Gasteiger partial charge in [0.2, 0.25) is 0 Å². The van der Waals surface area contributed by atoms with Crippen LogP contribution >= 0.6 is 10.7 Å². The van der Waals surface area contributed by atoms with E-state index in [9.17, 15) is 12.8 Å². The van der Waals surface area contributed by atoms with E-state index in [0.29, 0.717) is 5.75 Å². The highest BCUT2D eigenvalue weighted by Crippen LogP contribution is 2.27. The quantitative estimate of drug-likeness (QED) is 0.798. The molecule has 0 amide bonds. The summed E-state index contributed by atoms with van der Waals surface area (Å²) in [5, 5.41) is 0. The molecular weight excluding hydrogens is 267 g/mol. The first-order valence-electron chi connectivity index (χ1n) is 5.38. The molecule has 6 heteroatoms. The molecule has 3 nitrogen and oxygen atoms in total. The van der Waals surface area contributed by atoms with Crippen molar-refractivity contribution in [1.29, 1.82) is 0 Å². The Balaban J connectivity index is 2.19. The summed E-state index contributed by atoms with van der Waals surface area (Å²) in [6.45, 7) is 0. The van der Waals surface area contributed by atoms with Gasteiger partial charge < -0.3 is 4.74 Å². The highest BCUT2D eigenvalue weighted by molar-refractivity contribution is 8.13. The Kier molecular flexibility index (Phi) is 3.58. The van der Waals surface area contributed by atoms with Gasteiger partial charge in [0.1, 0.15) is 16.5 Å². The lowest BCUT2D eigenvalue weighted by molar-refractivity contribution is 0.209. The lowest BCUT2D eigenvalue weighted by atomic mass is 10.3. The maximum absolute atomic E-state index is 13.5. The van der Waals surface area contributed by atoms with Gasteiger partial charge in [0.15, 0.2) is 0 Å². The van der Waals surface area contributed by atoms with Crippen LogP contribution in [0, 0.1) is 5.82 Å². The zero-order valence-electron chi connectivity index (χ0n) is 9.03. The Morgan fingerprint density at radius 1 is 1.29 bits per heavy atom. The topological polar surface area (TPSA) is 43.4 Å². The summed E-state index contributed by atoms with van der Waals surface area (Å²) in [5.41, 5.74) is 0. The summed E-state index contributed by atoms with van der Waals surface area (Å²) in [6.07, 6.45) is 4.24. The molecular formula is C11H12ClFO3S. The zero-order chi connectivity index (χ0) is 12.5. The van der Waals surface area contributed by atoms with Crippen molar-refractivity contribution in [3.8, 4) is 5.75 Å². The monoisotopic (exact) mass is 278 g/mol. The molecule has 0 saturated heterocycles. The largest absolute Gasteiger partial charge is 0.490 e. The van der Waals surface area contributed by atoms with Crippen LogP contribution in [-0.2, 0) is 9.05 Å². The van der Waals surface area contributed by atoms with Crippen molar-refractivity contribution >= 4 is 19.7 Å². The maximum atomic E-state index is 13.5. The molecule has 1 saturated carbocycles. The van der Waals surface area contributed by atoms with E-state index >= 15 is 0 Å². The molecule has 17 heavy (non-hydrogen) atoms. The van der Waals surface area contributed by atoms with E-state index in [1.807, 2.05) is 0 Å². The second-order valence-corrected chi connectivity index (χ2v) is 6.59. The third-order valence-electron chi connectivity index (χ3n) is 2.77. The molecule has 94 valence electrons. The number of rotatable bonds is 3. The molecule has 0 bridgehead atoms. The van der Waals surface area contributed by atoms with Crippen LogP contribution in [0.5, 0.6) is 5.75 Å². The second-order valence-electron chi connectivity index (χ2n) is 4.05. The van der Waals surface area contributed by atoms with Crippen molar-refractivity contribution in [3.05, 3.63) is 24.0 Å². The Morgan fingerprint density at radius 2 is 1.94 bits per heavy atom. The number of hydrogen-bond acceptors (Lipinski definition) is 3. The number of halogens is 2. The van der Waals surface area contributed by atoms with Crippen molar-refractivity contribution < 1.29 is 17.5 Å². The van der Waals surface area contributed by atoms with Crippen LogP contribution in [0.25, 0.3) is 0 Å². The second kappa shape index (κ2) is 4.82. The molecule has 0 radical (unpaired) electrons. The smallest absolute Gasteiger partial charge is 0.264 e. The first-order chi connectivity index (χ1) is 7.97. The normalized spacial score (nSPS) is 17.3. The highest BCUT2D eigenvalue weighted by Gasteiger charge is 2.19. The van der Waals surface area contributed by atoms with Gasteiger partial charge in [-0.3, -0.25) is 0 Å². The van der Waals surface area contributed by atoms with E-state index in [2.05, 4.69) is 0 Å². The number of benzene rings is 1. The third-order valence-corrected chi connectivity index (χ3v) is 4.13. The van der Waals surface area contributed by atoms with Gasteiger partial charge in [-0.25, -0.2) is 12.8 Å². The lowest BCUT2D eigenvalue weighted by Gasteiger charge is -2.13. The van der Waals surface area contributed by atoms with Crippen molar-refractivity contribution in [2.45, 2.75) is 36.7 Å². The standard InChI is InChI=1S/C11H12ClFO3S/c12-17(14,15)11-6-5-9(7-10(11)13)16-8-3-1-2-4-8/h5-8H,1-4H2. The predicted molar refractivity (Wildman–Crippen MR) is 62.3 cm³/mol. The molecule has 1 aliphatic rings. The maximum Gasteiger partial charge on any atom is 0.264 e. The average molecular weight is 279 g/mol. The van der Waals surface area contributed by atoms with Crippen LogP contribution in [0.4, 0.5) is 4.39 Å². The van der Waals surface area contributed by atoms with E-state index in [4.69, 9.17) is 15.4 Å². The number of hydrogen-bond donors (Lipinski definition) is 0. The van der Waals surface area contributed by atoms with Crippen LogP contribution in [0.15, 0.2) is 23.1 Å². The van der Waals surface area contributed by atoms with E-state index in [-0.39, 0.29) is 6.10 Å². The minimum atomic E-state index is -4.04.